The fourth-order valence-corrected chi connectivity index (χ4v) is 3.41. The second-order valence-corrected chi connectivity index (χ2v) is 6.49. The quantitative estimate of drug-likeness (QED) is 0.322. The Bertz CT molecular complexity index is 1360. The summed E-state index contributed by atoms with van der Waals surface area (Å²) in [4.78, 5) is 22.8. The van der Waals surface area contributed by atoms with Gasteiger partial charge in [-0.15, -0.1) is 0 Å². The zero-order valence-electron chi connectivity index (χ0n) is 13.6. The zero-order valence-corrected chi connectivity index (χ0v) is 14.3. The minimum Gasteiger partial charge on any atom is -0.268 e. The van der Waals surface area contributed by atoms with Crippen LogP contribution in [-0.2, 0) is 0 Å². The van der Waals surface area contributed by atoms with Crippen molar-refractivity contribution in [3.8, 4) is 11.4 Å². The SMILES string of the molecule is O=c1c2cc(Cl)ccc2nc2c3ccccc3nc(-c3ccccc3)n12. The molecule has 0 fully saturated rings. The van der Waals surface area contributed by atoms with Crippen molar-refractivity contribution in [2.24, 2.45) is 0 Å². The van der Waals surface area contributed by atoms with Crippen LogP contribution < -0.4 is 5.56 Å². The van der Waals surface area contributed by atoms with E-state index >= 15 is 0 Å². The topological polar surface area (TPSA) is 47.3 Å². The summed E-state index contributed by atoms with van der Waals surface area (Å²) in [6.07, 6.45) is 0. The first-order chi connectivity index (χ1) is 12.7. The molecular formula is C21H12ClN3O. The van der Waals surface area contributed by atoms with Gasteiger partial charge in [-0.2, -0.15) is 0 Å². The Morgan fingerprint density at radius 2 is 1.50 bits per heavy atom. The zero-order chi connectivity index (χ0) is 17.7. The van der Waals surface area contributed by atoms with Gasteiger partial charge in [-0.05, 0) is 30.3 Å². The van der Waals surface area contributed by atoms with Crippen LogP contribution in [0, 0.1) is 0 Å². The monoisotopic (exact) mass is 357 g/mol. The van der Waals surface area contributed by atoms with Crippen molar-refractivity contribution in [2.45, 2.75) is 0 Å². The third-order valence-corrected chi connectivity index (χ3v) is 4.68. The minimum atomic E-state index is -0.176. The lowest BCUT2D eigenvalue weighted by molar-refractivity contribution is 1.05. The molecule has 2 aromatic heterocycles. The smallest absolute Gasteiger partial charge is 0.267 e. The van der Waals surface area contributed by atoms with E-state index in [0.29, 0.717) is 27.4 Å². The van der Waals surface area contributed by atoms with Crippen LogP contribution in [0.15, 0.2) is 77.6 Å². The van der Waals surface area contributed by atoms with Gasteiger partial charge in [0.2, 0.25) is 0 Å². The molecule has 0 N–H and O–H groups in total. The van der Waals surface area contributed by atoms with Crippen molar-refractivity contribution in [1.29, 1.82) is 0 Å². The first kappa shape index (κ1) is 15.0. The first-order valence-electron chi connectivity index (χ1n) is 8.18. The summed E-state index contributed by atoms with van der Waals surface area (Å²) in [5.41, 5.74) is 2.69. The predicted octanol–water partition coefficient (Wildman–Crippen LogP) is 4.72. The Kier molecular flexibility index (Phi) is 3.27. The number of para-hydroxylation sites is 1. The number of fused-ring (bicyclic) bond motifs is 4. The largest absolute Gasteiger partial charge is 0.268 e. The number of hydrogen-bond donors (Lipinski definition) is 0. The Morgan fingerprint density at radius 1 is 0.769 bits per heavy atom. The second kappa shape index (κ2) is 5.64. The van der Waals surface area contributed by atoms with E-state index in [1.165, 1.54) is 0 Å². The molecule has 0 saturated carbocycles. The molecule has 5 aromatic rings. The van der Waals surface area contributed by atoms with Crippen molar-refractivity contribution >= 4 is 39.1 Å². The number of hydrogen-bond acceptors (Lipinski definition) is 3. The van der Waals surface area contributed by atoms with E-state index in [1.54, 1.807) is 22.6 Å². The van der Waals surface area contributed by atoms with Crippen molar-refractivity contribution in [1.82, 2.24) is 14.4 Å². The Morgan fingerprint density at radius 3 is 2.35 bits per heavy atom. The minimum absolute atomic E-state index is 0.176. The maximum Gasteiger partial charge on any atom is 0.267 e. The molecular weight excluding hydrogens is 346 g/mol. The van der Waals surface area contributed by atoms with Crippen molar-refractivity contribution in [2.75, 3.05) is 0 Å². The number of rotatable bonds is 1. The summed E-state index contributed by atoms with van der Waals surface area (Å²) >= 11 is 6.10. The normalized spacial score (nSPS) is 11.4. The summed E-state index contributed by atoms with van der Waals surface area (Å²) in [6, 6.07) is 22.5. The molecule has 0 amide bonds. The molecule has 2 heterocycles. The average Bonchev–Trinajstić information content (AvgIpc) is 2.69. The van der Waals surface area contributed by atoms with Crippen molar-refractivity contribution in [3.05, 3.63) is 88.2 Å². The van der Waals surface area contributed by atoms with Crippen LogP contribution in [0.4, 0.5) is 0 Å². The Balaban J connectivity index is 2.07. The maximum atomic E-state index is 13.3. The predicted molar refractivity (Wildman–Crippen MR) is 105 cm³/mol. The van der Waals surface area contributed by atoms with Crippen LogP contribution in [0.1, 0.15) is 0 Å². The van der Waals surface area contributed by atoms with E-state index in [-0.39, 0.29) is 5.56 Å². The Hall–Kier alpha value is -3.24. The highest BCUT2D eigenvalue weighted by atomic mass is 35.5. The molecule has 0 aliphatic rings. The highest BCUT2D eigenvalue weighted by Crippen LogP contribution is 2.25. The molecule has 5 heteroatoms. The lowest BCUT2D eigenvalue weighted by atomic mass is 10.1. The molecule has 4 nitrogen and oxygen atoms in total. The summed E-state index contributed by atoms with van der Waals surface area (Å²) in [5.74, 6) is 0.568. The molecule has 124 valence electrons. The van der Waals surface area contributed by atoms with Gasteiger partial charge in [0.05, 0.1) is 16.4 Å². The molecule has 0 aliphatic carbocycles. The molecule has 5 rings (SSSR count). The molecule has 0 saturated heterocycles. The van der Waals surface area contributed by atoms with Gasteiger partial charge in [0.25, 0.3) is 5.56 Å². The van der Waals surface area contributed by atoms with E-state index in [2.05, 4.69) is 0 Å². The summed E-state index contributed by atoms with van der Waals surface area (Å²) in [5, 5.41) is 1.82. The van der Waals surface area contributed by atoms with Crippen LogP contribution >= 0.6 is 11.6 Å². The van der Waals surface area contributed by atoms with Crippen LogP contribution in [0.3, 0.4) is 0 Å². The fourth-order valence-electron chi connectivity index (χ4n) is 3.24. The molecule has 0 unspecified atom stereocenters. The summed E-state index contributed by atoms with van der Waals surface area (Å²) < 4.78 is 1.58. The standard InChI is InChI=1S/C21H12ClN3O/c22-14-10-11-18-16(12-14)21(26)25-19(13-6-2-1-3-7-13)23-17-9-5-4-8-15(17)20(25)24-18/h1-12H. The molecule has 0 spiro atoms. The van der Waals surface area contributed by atoms with E-state index in [0.717, 1.165) is 16.5 Å². The number of benzene rings is 3. The number of nitrogens with zero attached hydrogens (tertiary/aromatic N) is 3. The van der Waals surface area contributed by atoms with E-state index in [1.807, 2.05) is 54.6 Å². The van der Waals surface area contributed by atoms with Crippen molar-refractivity contribution < 1.29 is 0 Å². The molecule has 0 atom stereocenters. The highest BCUT2D eigenvalue weighted by Gasteiger charge is 2.15. The van der Waals surface area contributed by atoms with Gasteiger partial charge in [0.15, 0.2) is 5.65 Å². The first-order valence-corrected chi connectivity index (χ1v) is 8.56. The molecule has 26 heavy (non-hydrogen) atoms. The van der Waals surface area contributed by atoms with Gasteiger partial charge >= 0.3 is 0 Å². The van der Waals surface area contributed by atoms with Crippen LogP contribution in [-0.4, -0.2) is 14.4 Å². The maximum absolute atomic E-state index is 13.3. The van der Waals surface area contributed by atoms with Crippen LogP contribution in [0.2, 0.25) is 5.02 Å². The van der Waals surface area contributed by atoms with Crippen LogP contribution in [0.5, 0.6) is 0 Å². The lowest BCUT2D eigenvalue weighted by Crippen LogP contribution is -2.18. The summed E-state index contributed by atoms with van der Waals surface area (Å²) in [6.45, 7) is 0. The lowest BCUT2D eigenvalue weighted by Gasteiger charge is -2.12. The highest BCUT2D eigenvalue weighted by molar-refractivity contribution is 6.31. The third kappa shape index (κ3) is 2.20. The van der Waals surface area contributed by atoms with Gasteiger partial charge in [0, 0.05) is 16.0 Å². The summed E-state index contributed by atoms with van der Waals surface area (Å²) in [7, 11) is 0. The van der Waals surface area contributed by atoms with E-state index in [9.17, 15) is 4.79 Å². The average molecular weight is 358 g/mol. The van der Waals surface area contributed by atoms with E-state index in [4.69, 9.17) is 21.6 Å². The fraction of sp³-hybridized carbons (Fsp3) is 0. The molecule has 0 radical (unpaired) electrons. The van der Waals surface area contributed by atoms with Crippen molar-refractivity contribution in [3.63, 3.8) is 0 Å². The number of halogens is 1. The molecule has 0 aliphatic heterocycles. The Labute approximate surface area is 153 Å². The third-order valence-electron chi connectivity index (χ3n) is 4.45. The molecule has 3 aromatic carbocycles. The van der Waals surface area contributed by atoms with Gasteiger partial charge in [0.1, 0.15) is 5.82 Å². The number of aromatic nitrogens is 3. The van der Waals surface area contributed by atoms with Gasteiger partial charge < -0.3 is 0 Å². The van der Waals surface area contributed by atoms with Gasteiger partial charge in [-0.1, -0.05) is 54.1 Å². The van der Waals surface area contributed by atoms with Gasteiger partial charge in [-0.3, -0.25) is 4.79 Å². The van der Waals surface area contributed by atoms with Gasteiger partial charge in [-0.25, -0.2) is 14.4 Å². The second-order valence-electron chi connectivity index (χ2n) is 6.06. The van der Waals surface area contributed by atoms with Crippen LogP contribution in [0.25, 0.3) is 38.8 Å². The van der Waals surface area contributed by atoms with E-state index < -0.39 is 0 Å². The molecule has 0 bridgehead atoms.